The molecular formula is C21H27BrN6O. The quantitative estimate of drug-likeness (QED) is 0.559. The lowest BCUT2D eigenvalue weighted by Crippen LogP contribution is -2.46. The summed E-state index contributed by atoms with van der Waals surface area (Å²) in [6, 6.07) is 9.25. The largest absolute Gasteiger partial charge is 0.393 e. The van der Waals surface area contributed by atoms with Crippen LogP contribution in [-0.2, 0) is 0 Å². The maximum atomic E-state index is 9.83. The standard InChI is InChI=1S/C21H27BrN6O/c22-16-3-4-17(25-21(16)28-8-5-14(29)6-9-28)20-15-10-18(13-2-1-7-23-11-13)24-12-19(15)26-27-20/h1-4,7,11,14-15,18-20,24,26-27,29H,5-6,8-10,12H2. The van der Waals surface area contributed by atoms with Crippen molar-refractivity contribution in [3.05, 3.63) is 52.4 Å². The molecule has 3 saturated heterocycles. The summed E-state index contributed by atoms with van der Waals surface area (Å²) in [5.74, 6) is 1.43. The van der Waals surface area contributed by atoms with Gasteiger partial charge < -0.3 is 15.3 Å². The number of aliphatic hydroxyl groups is 1. The Hall–Kier alpha value is -1.58. The third-order valence-electron chi connectivity index (χ3n) is 6.48. The number of hydrogen-bond acceptors (Lipinski definition) is 7. The normalized spacial score (nSPS) is 30.3. The van der Waals surface area contributed by atoms with Crippen molar-refractivity contribution >= 4 is 21.7 Å². The Labute approximate surface area is 179 Å². The van der Waals surface area contributed by atoms with Gasteiger partial charge in [0.1, 0.15) is 5.82 Å². The van der Waals surface area contributed by atoms with Gasteiger partial charge in [0.05, 0.1) is 22.3 Å². The van der Waals surface area contributed by atoms with E-state index in [9.17, 15) is 5.11 Å². The van der Waals surface area contributed by atoms with Gasteiger partial charge in [-0.25, -0.2) is 10.4 Å². The summed E-state index contributed by atoms with van der Waals surface area (Å²) >= 11 is 3.68. The lowest BCUT2D eigenvalue weighted by atomic mass is 9.81. The molecule has 0 aromatic carbocycles. The molecule has 154 valence electrons. The van der Waals surface area contributed by atoms with Crippen molar-refractivity contribution in [2.24, 2.45) is 5.92 Å². The summed E-state index contributed by atoms with van der Waals surface area (Å²) in [5.41, 5.74) is 9.29. The van der Waals surface area contributed by atoms with E-state index in [0.29, 0.717) is 18.0 Å². The van der Waals surface area contributed by atoms with Crippen LogP contribution in [0, 0.1) is 5.92 Å². The number of piperidine rings is 2. The fourth-order valence-electron chi connectivity index (χ4n) is 4.82. The number of rotatable bonds is 3. The number of nitrogens with zero attached hydrogens (tertiary/aromatic N) is 3. The van der Waals surface area contributed by atoms with Crippen LogP contribution in [0.2, 0.25) is 0 Å². The zero-order chi connectivity index (χ0) is 19.8. The van der Waals surface area contributed by atoms with Gasteiger partial charge in [0.15, 0.2) is 0 Å². The maximum Gasteiger partial charge on any atom is 0.143 e. The lowest BCUT2D eigenvalue weighted by molar-refractivity contribution is 0.145. The fourth-order valence-corrected chi connectivity index (χ4v) is 5.29. The first kappa shape index (κ1) is 19.4. The number of nitrogens with one attached hydrogen (secondary N) is 3. The minimum absolute atomic E-state index is 0.170. The van der Waals surface area contributed by atoms with Gasteiger partial charge in [0.25, 0.3) is 0 Å². The molecule has 2 aromatic rings. The molecular weight excluding hydrogens is 432 g/mol. The average Bonchev–Trinajstić information content (AvgIpc) is 3.19. The highest BCUT2D eigenvalue weighted by Gasteiger charge is 2.42. The second-order valence-electron chi connectivity index (χ2n) is 8.28. The van der Waals surface area contributed by atoms with E-state index in [1.165, 1.54) is 5.56 Å². The minimum atomic E-state index is -0.186. The average molecular weight is 459 g/mol. The number of aliphatic hydroxyl groups excluding tert-OH is 1. The molecule has 0 bridgehead atoms. The van der Waals surface area contributed by atoms with Crippen LogP contribution in [0.1, 0.15) is 42.6 Å². The van der Waals surface area contributed by atoms with E-state index in [1.807, 2.05) is 18.5 Å². The molecule has 8 heteroatoms. The Morgan fingerprint density at radius 2 is 2.00 bits per heavy atom. The molecule has 3 aliphatic rings. The van der Waals surface area contributed by atoms with Crippen molar-refractivity contribution in [2.75, 3.05) is 24.5 Å². The van der Waals surface area contributed by atoms with E-state index in [4.69, 9.17) is 4.98 Å². The van der Waals surface area contributed by atoms with Gasteiger partial charge in [0, 0.05) is 50.0 Å². The van der Waals surface area contributed by atoms with Crippen LogP contribution in [-0.4, -0.2) is 46.9 Å². The van der Waals surface area contributed by atoms with Crippen molar-refractivity contribution in [1.29, 1.82) is 0 Å². The zero-order valence-electron chi connectivity index (χ0n) is 16.3. The van der Waals surface area contributed by atoms with Gasteiger partial charge in [-0.05, 0) is 59.0 Å². The predicted molar refractivity (Wildman–Crippen MR) is 115 cm³/mol. The van der Waals surface area contributed by atoms with Crippen LogP contribution in [0.15, 0.2) is 41.1 Å². The molecule has 0 amide bonds. The van der Waals surface area contributed by atoms with Gasteiger partial charge in [-0.15, -0.1) is 0 Å². The summed E-state index contributed by atoms with van der Waals surface area (Å²) < 4.78 is 1.01. The number of hydrogen-bond donors (Lipinski definition) is 4. The monoisotopic (exact) mass is 458 g/mol. The van der Waals surface area contributed by atoms with E-state index >= 15 is 0 Å². The smallest absolute Gasteiger partial charge is 0.143 e. The van der Waals surface area contributed by atoms with Gasteiger partial charge in [0.2, 0.25) is 0 Å². The molecule has 0 spiro atoms. The van der Waals surface area contributed by atoms with Gasteiger partial charge in [-0.1, -0.05) is 6.07 Å². The summed E-state index contributed by atoms with van der Waals surface area (Å²) in [7, 11) is 0. The number of halogens is 1. The molecule has 3 aliphatic heterocycles. The van der Waals surface area contributed by atoms with Gasteiger partial charge in [-0.3, -0.25) is 10.4 Å². The molecule has 5 rings (SSSR count). The third kappa shape index (κ3) is 3.92. The molecule has 2 aromatic heterocycles. The van der Waals surface area contributed by atoms with Crippen molar-refractivity contribution < 1.29 is 5.11 Å². The molecule has 4 unspecified atom stereocenters. The van der Waals surface area contributed by atoms with Crippen molar-refractivity contribution in [1.82, 2.24) is 26.1 Å². The first-order valence-electron chi connectivity index (χ1n) is 10.4. The first-order valence-corrected chi connectivity index (χ1v) is 11.2. The second kappa shape index (κ2) is 8.28. The number of aromatic nitrogens is 2. The SMILES string of the molecule is OC1CCN(c2nc(C3NNC4CNC(c5cccnc5)CC43)ccc2Br)CC1. The van der Waals surface area contributed by atoms with Crippen molar-refractivity contribution in [3.63, 3.8) is 0 Å². The van der Waals surface area contributed by atoms with E-state index < -0.39 is 0 Å². The molecule has 0 radical (unpaired) electrons. The molecule has 7 nitrogen and oxygen atoms in total. The third-order valence-corrected chi connectivity index (χ3v) is 7.10. The zero-order valence-corrected chi connectivity index (χ0v) is 17.8. The molecule has 0 saturated carbocycles. The highest BCUT2D eigenvalue weighted by atomic mass is 79.9. The number of anilines is 1. The number of pyridine rings is 2. The summed E-state index contributed by atoms with van der Waals surface area (Å²) in [6.45, 7) is 2.60. The lowest BCUT2D eigenvalue weighted by Gasteiger charge is -2.35. The van der Waals surface area contributed by atoms with Gasteiger partial charge in [-0.2, -0.15) is 0 Å². The number of hydrazine groups is 1. The topological polar surface area (TPSA) is 85.3 Å². The summed E-state index contributed by atoms with van der Waals surface area (Å²) in [5, 5.41) is 13.5. The van der Waals surface area contributed by atoms with E-state index in [-0.39, 0.29) is 12.1 Å². The summed E-state index contributed by atoms with van der Waals surface area (Å²) in [6.07, 6.45) is 6.22. The second-order valence-corrected chi connectivity index (χ2v) is 9.13. The maximum absolute atomic E-state index is 9.83. The predicted octanol–water partition coefficient (Wildman–Crippen LogP) is 2.07. The van der Waals surface area contributed by atoms with Crippen LogP contribution in [0.4, 0.5) is 5.82 Å². The Morgan fingerprint density at radius 1 is 1.14 bits per heavy atom. The van der Waals surface area contributed by atoms with Crippen LogP contribution in [0.5, 0.6) is 0 Å². The van der Waals surface area contributed by atoms with E-state index in [1.54, 1.807) is 0 Å². The van der Waals surface area contributed by atoms with Crippen LogP contribution >= 0.6 is 15.9 Å². The Morgan fingerprint density at radius 3 is 2.79 bits per heavy atom. The Bertz CT molecular complexity index is 844. The van der Waals surface area contributed by atoms with Gasteiger partial charge >= 0.3 is 0 Å². The molecule has 0 aliphatic carbocycles. The number of fused-ring (bicyclic) bond motifs is 1. The van der Waals surface area contributed by atoms with Crippen LogP contribution in [0.25, 0.3) is 0 Å². The molecule has 3 fully saturated rings. The Balaban J connectivity index is 1.37. The highest BCUT2D eigenvalue weighted by Crippen LogP contribution is 2.39. The fraction of sp³-hybridized carbons (Fsp3) is 0.524. The van der Waals surface area contributed by atoms with E-state index in [2.05, 4.69) is 60.2 Å². The molecule has 4 N–H and O–H groups in total. The van der Waals surface area contributed by atoms with E-state index in [0.717, 1.165) is 54.9 Å². The molecule has 29 heavy (non-hydrogen) atoms. The molecule has 4 atom stereocenters. The Kier molecular flexibility index (Phi) is 5.53. The minimum Gasteiger partial charge on any atom is -0.393 e. The first-order chi connectivity index (χ1) is 14.2. The van der Waals surface area contributed by atoms with Crippen molar-refractivity contribution in [2.45, 2.75) is 43.5 Å². The van der Waals surface area contributed by atoms with Crippen LogP contribution in [0.3, 0.4) is 0 Å². The summed E-state index contributed by atoms with van der Waals surface area (Å²) in [4.78, 5) is 11.6. The molecule has 5 heterocycles. The highest BCUT2D eigenvalue weighted by molar-refractivity contribution is 9.10. The van der Waals surface area contributed by atoms with Crippen LogP contribution < -0.4 is 21.1 Å². The van der Waals surface area contributed by atoms with Crippen molar-refractivity contribution in [3.8, 4) is 0 Å².